The zero-order chi connectivity index (χ0) is 23.5. The molecule has 2 amide bonds. The Labute approximate surface area is 185 Å². The molecule has 4 N–H and O–H groups in total. The number of carbonyl (C=O) groups is 2. The van der Waals surface area contributed by atoms with Gasteiger partial charge in [0, 0.05) is 37.7 Å². The number of halogens is 1. The molecule has 1 heterocycles. The van der Waals surface area contributed by atoms with E-state index in [1.807, 2.05) is 13.8 Å². The van der Waals surface area contributed by atoms with Gasteiger partial charge in [-0.1, -0.05) is 0 Å². The van der Waals surface area contributed by atoms with Crippen molar-refractivity contribution >= 4 is 17.6 Å². The molecule has 168 valence electrons. The summed E-state index contributed by atoms with van der Waals surface area (Å²) in [6, 6.07) is 7.04. The van der Waals surface area contributed by atoms with Crippen LogP contribution >= 0.6 is 0 Å². The fourth-order valence-corrected chi connectivity index (χ4v) is 3.25. The highest BCUT2D eigenvalue weighted by molar-refractivity contribution is 6.06. The Hall–Kier alpha value is -3.88. The highest BCUT2D eigenvalue weighted by Gasteiger charge is 2.34. The highest BCUT2D eigenvalue weighted by Crippen LogP contribution is 2.43. The van der Waals surface area contributed by atoms with E-state index >= 15 is 0 Å². The number of fused-ring (bicyclic) bond motifs is 1. The van der Waals surface area contributed by atoms with Crippen LogP contribution in [0.2, 0.25) is 0 Å². The van der Waals surface area contributed by atoms with Crippen molar-refractivity contribution in [1.82, 2.24) is 10.6 Å². The van der Waals surface area contributed by atoms with Crippen LogP contribution in [0, 0.1) is 5.82 Å². The molecule has 2 aromatic rings. The van der Waals surface area contributed by atoms with Crippen LogP contribution in [0.4, 0.5) is 4.39 Å². The molecule has 0 spiro atoms. The monoisotopic (exact) mass is 440 g/mol. The van der Waals surface area contributed by atoms with E-state index in [1.54, 1.807) is 19.3 Å². The quantitative estimate of drug-likeness (QED) is 0.470. The molecule has 0 radical (unpaired) electrons. The van der Waals surface area contributed by atoms with Gasteiger partial charge >= 0.3 is 0 Å². The normalized spacial score (nSPS) is 14.6. The van der Waals surface area contributed by atoms with Gasteiger partial charge in [0.15, 0.2) is 0 Å². The molecule has 1 aliphatic heterocycles. The van der Waals surface area contributed by atoms with E-state index in [0.717, 1.165) is 11.6 Å². The summed E-state index contributed by atoms with van der Waals surface area (Å²) in [6.45, 7) is 3.82. The maximum absolute atomic E-state index is 14.4. The second-order valence-corrected chi connectivity index (χ2v) is 7.78. The van der Waals surface area contributed by atoms with Crippen LogP contribution < -0.4 is 25.8 Å². The van der Waals surface area contributed by atoms with Gasteiger partial charge in [-0.15, -0.1) is 0 Å². The van der Waals surface area contributed by atoms with Gasteiger partial charge in [0.2, 0.25) is 0 Å². The summed E-state index contributed by atoms with van der Waals surface area (Å²) in [7, 11) is 3.11. The van der Waals surface area contributed by atoms with E-state index in [-0.39, 0.29) is 22.7 Å². The minimum atomic E-state index is -0.726. The fourth-order valence-electron chi connectivity index (χ4n) is 3.25. The molecule has 0 saturated heterocycles. The zero-order valence-electron chi connectivity index (χ0n) is 18.3. The fraction of sp³-hybridized carbons (Fsp3) is 0.261. The van der Waals surface area contributed by atoms with Crippen LogP contribution in [0.25, 0.3) is 0 Å². The first-order valence-electron chi connectivity index (χ1n) is 9.91. The van der Waals surface area contributed by atoms with Gasteiger partial charge in [-0.05, 0) is 50.4 Å². The zero-order valence-corrected chi connectivity index (χ0v) is 18.3. The minimum Gasteiger partial charge on any atom is -0.487 e. The lowest BCUT2D eigenvalue weighted by Gasteiger charge is -2.16. The summed E-state index contributed by atoms with van der Waals surface area (Å²) in [5.74, 6) is -0.824. The Morgan fingerprint density at radius 3 is 2.66 bits per heavy atom. The van der Waals surface area contributed by atoms with E-state index in [4.69, 9.17) is 15.2 Å². The average Bonchev–Trinajstić information content (AvgIpc) is 3.06. The summed E-state index contributed by atoms with van der Waals surface area (Å²) in [5.41, 5.74) is 6.10. The van der Waals surface area contributed by atoms with Gasteiger partial charge in [-0.3, -0.25) is 9.59 Å². The number of nitrogens with one attached hydrogen (secondary N) is 2. The van der Waals surface area contributed by atoms with Gasteiger partial charge in [0.05, 0.1) is 5.56 Å². The highest BCUT2D eigenvalue weighted by atomic mass is 19.1. The van der Waals surface area contributed by atoms with E-state index in [0.29, 0.717) is 17.9 Å². The maximum atomic E-state index is 14.4. The Morgan fingerprint density at radius 1 is 1.25 bits per heavy atom. The standard InChI is InChI=1S/C23H25FN4O4/c1-23(2)12-16-18(31-14-5-6-15(17(24)11-14)22(30)27-4)9-13(10-19(16)32-23)21(29)28-20(25)7-8-26-3/h5-11,26H,12H2,1-4H3,(H,27,30)(H2,25,28,29)/b8-7-. The number of nitrogens with zero attached hydrogens (tertiary/aromatic N) is 1. The molecule has 3 rings (SSSR count). The van der Waals surface area contributed by atoms with Crippen molar-refractivity contribution in [2.24, 2.45) is 10.7 Å². The summed E-state index contributed by atoms with van der Waals surface area (Å²) in [4.78, 5) is 28.2. The Bertz CT molecular complexity index is 1130. The number of aliphatic imine (C=N–C) groups is 1. The molecule has 0 aliphatic carbocycles. The van der Waals surface area contributed by atoms with E-state index < -0.39 is 23.2 Å². The molecule has 0 unspecified atom stereocenters. The average molecular weight is 440 g/mol. The van der Waals surface area contributed by atoms with Crippen molar-refractivity contribution in [3.05, 3.63) is 65.1 Å². The number of hydrogen-bond donors (Lipinski definition) is 3. The maximum Gasteiger partial charge on any atom is 0.279 e. The smallest absolute Gasteiger partial charge is 0.279 e. The first-order chi connectivity index (χ1) is 15.1. The van der Waals surface area contributed by atoms with Crippen LogP contribution in [0.3, 0.4) is 0 Å². The van der Waals surface area contributed by atoms with Crippen LogP contribution in [0.5, 0.6) is 17.2 Å². The Kier molecular flexibility index (Phi) is 6.47. The van der Waals surface area contributed by atoms with Crippen LogP contribution in [-0.2, 0) is 6.42 Å². The molecule has 0 aromatic heterocycles. The summed E-state index contributed by atoms with van der Waals surface area (Å²) in [6.07, 6.45) is 3.53. The number of benzene rings is 2. The van der Waals surface area contributed by atoms with Gasteiger partial charge in [0.1, 0.15) is 34.5 Å². The lowest BCUT2D eigenvalue weighted by atomic mass is 9.99. The number of amides is 2. The molecule has 1 aliphatic rings. The molecule has 0 atom stereocenters. The number of nitrogens with two attached hydrogens (primary N) is 1. The van der Waals surface area contributed by atoms with E-state index in [1.165, 1.54) is 31.3 Å². The number of hydrogen-bond acceptors (Lipinski definition) is 5. The van der Waals surface area contributed by atoms with Crippen LogP contribution in [-0.4, -0.2) is 37.3 Å². The molecule has 32 heavy (non-hydrogen) atoms. The number of rotatable bonds is 6. The second kappa shape index (κ2) is 9.09. The first-order valence-corrected chi connectivity index (χ1v) is 9.91. The molecule has 8 nitrogen and oxygen atoms in total. The number of carbonyl (C=O) groups excluding carboxylic acids is 2. The summed E-state index contributed by atoms with van der Waals surface area (Å²) >= 11 is 0. The molecule has 9 heteroatoms. The van der Waals surface area contributed by atoms with Crippen molar-refractivity contribution in [3.8, 4) is 17.2 Å². The Balaban J connectivity index is 1.99. The molecular formula is C23H25FN4O4. The van der Waals surface area contributed by atoms with Gasteiger partial charge < -0.3 is 25.8 Å². The third-order valence-corrected chi connectivity index (χ3v) is 4.70. The lowest BCUT2D eigenvalue weighted by molar-refractivity contribution is 0.0957. The molecule has 2 aromatic carbocycles. The van der Waals surface area contributed by atoms with Crippen molar-refractivity contribution in [2.45, 2.75) is 25.9 Å². The number of ether oxygens (including phenoxy) is 2. The van der Waals surface area contributed by atoms with Gasteiger partial charge in [-0.25, -0.2) is 4.39 Å². The predicted octanol–water partition coefficient (Wildman–Crippen LogP) is 2.92. The molecule has 0 fully saturated rings. The van der Waals surface area contributed by atoms with Crippen molar-refractivity contribution < 1.29 is 23.5 Å². The van der Waals surface area contributed by atoms with E-state index in [9.17, 15) is 14.0 Å². The topological polar surface area (TPSA) is 115 Å². The third-order valence-electron chi connectivity index (χ3n) is 4.70. The SMILES string of the molecule is CN/C=C\C(N)=NC(=O)c1cc(Oc2ccc(C(=O)NC)c(F)c2)c2c(c1)OC(C)(C)C2. The van der Waals surface area contributed by atoms with Crippen molar-refractivity contribution in [2.75, 3.05) is 14.1 Å². The van der Waals surface area contributed by atoms with E-state index in [2.05, 4.69) is 15.6 Å². The van der Waals surface area contributed by atoms with Crippen molar-refractivity contribution in [1.29, 1.82) is 0 Å². The summed E-state index contributed by atoms with van der Waals surface area (Å²) < 4.78 is 26.3. The van der Waals surface area contributed by atoms with Crippen LogP contribution in [0.15, 0.2) is 47.6 Å². The molecular weight excluding hydrogens is 415 g/mol. The molecule has 0 saturated carbocycles. The molecule has 0 bridgehead atoms. The summed E-state index contributed by atoms with van der Waals surface area (Å²) in [5, 5.41) is 5.14. The predicted molar refractivity (Wildman–Crippen MR) is 119 cm³/mol. The first kappa shape index (κ1) is 22.8. The second-order valence-electron chi connectivity index (χ2n) is 7.78. The van der Waals surface area contributed by atoms with Crippen LogP contribution in [0.1, 0.15) is 40.1 Å². The van der Waals surface area contributed by atoms with Crippen molar-refractivity contribution in [3.63, 3.8) is 0 Å². The minimum absolute atomic E-state index is 0.0282. The van der Waals surface area contributed by atoms with Gasteiger partial charge in [-0.2, -0.15) is 4.99 Å². The largest absolute Gasteiger partial charge is 0.487 e. The van der Waals surface area contributed by atoms with Gasteiger partial charge in [0.25, 0.3) is 11.8 Å². The third kappa shape index (κ3) is 5.05. The lowest BCUT2D eigenvalue weighted by Crippen LogP contribution is -2.24. The Morgan fingerprint density at radius 2 is 2.00 bits per heavy atom. The number of amidine groups is 1.